The predicted octanol–water partition coefficient (Wildman–Crippen LogP) is 5.26. The number of carbonyl (C=O) groups is 1. The molecule has 0 unspecified atom stereocenters. The van der Waals surface area contributed by atoms with Gasteiger partial charge in [-0.2, -0.15) is 0 Å². The van der Waals surface area contributed by atoms with Crippen molar-refractivity contribution >= 4 is 13.1 Å². The summed E-state index contributed by atoms with van der Waals surface area (Å²) >= 11 is 0. The third-order valence-electron chi connectivity index (χ3n) is 5.51. The van der Waals surface area contributed by atoms with E-state index >= 15 is 0 Å². The molecule has 1 atom stereocenters. The average Bonchev–Trinajstić information content (AvgIpc) is 3.16. The van der Waals surface area contributed by atoms with Gasteiger partial charge in [-0.1, -0.05) is 32.6 Å². The van der Waals surface area contributed by atoms with Gasteiger partial charge in [0, 0.05) is 0 Å². The zero-order chi connectivity index (χ0) is 19.2. The fraction of sp³-hybridized carbons (Fsp3) is 0.750. The number of rotatable bonds is 10. The van der Waals surface area contributed by atoms with Crippen LogP contribution in [0.5, 0.6) is 0 Å². The number of unbranched alkanes of at least 4 members (excludes halogenated alkanes) is 2. The molecule has 5 nitrogen and oxygen atoms in total. The van der Waals surface area contributed by atoms with Gasteiger partial charge < -0.3 is 18.5 Å². The third-order valence-corrected chi connectivity index (χ3v) is 5.51. The molecule has 1 aliphatic heterocycles. The molecule has 2 heterocycles. The van der Waals surface area contributed by atoms with Gasteiger partial charge in [0.15, 0.2) is 0 Å². The van der Waals surface area contributed by atoms with Crippen molar-refractivity contribution in [3.8, 4) is 0 Å². The van der Waals surface area contributed by atoms with Gasteiger partial charge in [0.05, 0.1) is 24.1 Å². The van der Waals surface area contributed by atoms with Gasteiger partial charge in [-0.25, -0.2) is 4.79 Å². The first-order chi connectivity index (χ1) is 12.3. The van der Waals surface area contributed by atoms with Crippen LogP contribution in [0.15, 0.2) is 22.8 Å². The van der Waals surface area contributed by atoms with Crippen LogP contribution < -0.4 is 0 Å². The van der Waals surface area contributed by atoms with Crippen LogP contribution in [0.4, 0.5) is 0 Å². The lowest BCUT2D eigenvalue weighted by atomic mass is 9.67. The summed E-state index contributed by atoms with van der Waals surface area (Å²) in [6, 6.07) is 3.29. The Balaban J connectivity index is 1.84. The van der Waals surface area contributed by atoms with Crippen LogP contribution in [0.3, 0.4) is 0 Å². The van der Waals surface area contributed by atoms with Gasteiger partial charge in [0.25, 0.3) is 0 Å². The zero-order valence-corrected chi connectivity index (χ0v) is 16.9. The largest absolute Gasteiger partial charge is 0.461 e. The Hall–Kier alpha value is -1.27. The molecule has 0 aliphatic carbocycles. The second-order valence-corrected chi connectivity index (χ2v) is 8.14. The molecular weight excluding hydrogens is 331 g/mol. The lowest BCUT2D eigenvalue weighted by Crippen LogP contribution is -2.41. The van der Waals surface area contributed by atoms with E-state index in [0.717, 1.165) is 25.7 Å². The van der Waals surface area contributed by atoms with E-state index in [4.69, 9.17) is 18.5 Å². The van der Waals surface area contributed by atoms with Gasteiger partial charge in [0.2, 0.25) is 5.76 Å². The zero-order valence-electron chi connectivity index (χ0n) is 16.9. The van der Waals surface area contributed by atoms with Crippen molar-refractivity contribution in [3.63, 3.8) is 0 Å². The fourth-order valence-electron chi connectivity index (χ4n) is 3.13. The van der Waals surface area contributed by atoms with Crippen LogP contribution in [0.2, 0.25) is 5.82 Å². The average molecular weight is 364 g/mol. The van der Waals surface area contributed by atoms with Crippen LogP contribution in [-0.2, 0) is 14.0 Å². The molecule has 0 aromatic carbocycles. The van der Waals surface area contributed by atoms with Crippen molar-refractivity contribution in [1.29, 1.82) is 0 Å². The molecule has 1 aromatic rings. The highest BCUT2D eigenvalue weighted by molar-refractivity contribution is 6.47. The van der Waals surface area contributed by atoms with Gasteiger partial charge in [-0.3, -0.25) is 0 Å². The smallest absolute Gasteiger partial charge is 0.460 e. The molecule has 1 saturated heterocycles. The van der Waals surface area contributed by atoms with Gasteiger partial charge in [-0.15, -0.1) is 0 Å². The van der Waals surface area contributed by atoms with Crippen molar-refractivity contribution in [2.75, 3.05) is 6.61 Å². The summed E-state index contributed by atoms with van der Waals surface area (Å²) in [6.07, 6.45) is 7.80. The summed E-state index contributed by atoms with van der Waals surface area (Å²) in [5.41, 5.74) is -0.626. The molecule has 146 valence electrons. The van der Waals surface area contributed by atoms with E-state index in [1.54, 1.807) is 12.1 Å². The molecule has 1 fully saturated rings. The SMILES string of the molecule is CCCCC[C@@H](CCCOC(=O)c1ccco1)B1OC(C)(C)C(C)(C)O1. The highest BCUT2D eigenvalue weighted by Crippen LogP contribution is 2.42. The Morgan fingerprint density at radius 1 is 1.12 bits per heavy atom. The molecule has 0 amide bonds. The maximum absolute atomic E-state index is 11.8. The van der Waals surface area contributed by atoms with Gasteiger partial charge in [-0.05, 0) is 58.5 Å². The fourth-order valence-corrected chi connectivity index (χ4v) is 3.13. The minimum absolute atomic E-state index is 0.197. The molecule has 6 heteroatoms. The Labute approximate surface area is 157 Å². The van der Waals surface area contributed by atoms with E-state index in [9.17, 15) is 4.79 Å². The van der Waals surface area contributed by atoms with E-state index < -0.39 is 5.97 Å². The minimum Gasteiger partial charge on any atom is -0.460 e. The van der Waals surface area contributed by atoms with Gasteiger partial charge >= 0.3 is 13.1 Å². The predicted molar refractivity (Wildman–Crippen MR) is 102 cm³/mol. The summed E-state index contributed by atoms with van der Waals surface area (Å²) in [5, 5.41) is 0. The monoisotopic (exact) mass is 364 g/mol. The Bertz CT molecular complexity index is 537. The molecule has 1 aliphatic rings. The lowest BCUT2D eigenvalue weighted by molar-refractivity contribution is 0.00578. The van der Waals surface area contributed by atoms with E-state index in [1.807, 2.05) is 0 Å². The summed E-state index contributed by atoms with van der Waals surface area (Å²) in [5.74, 6) is 0.147. The number of hydrogen-bond donors (Lipinski definition) is 0. The van der Waals surface area contributed by atoms with Crippen molar-refractivity contribution in [2.45, 2.75) is 90.2 Å². The molecule has 0 spiro atoms. The maximum atomic E-state index is 11.8. The van der Waals surface area contributed by atoms with Crippen molar-refractivity contribution < 1.29 is 23.3 Å². The van der Waals surface area contributed by atoms with Crippen LogP contribution in [0, 0.1) is 0 Å². The topological polar surface area (TPSA) is 57.9 Å². The van der Waals surface area contributed by atoms with Crippen molar-refractivity contribution in [1.82, 2.24) is 0 Å². The second kappa shape index (κ2) is 9.09. The first kappa shape index (κ1) is 21.0. The standard InChI is InChI=1S/C20H33BO5/c1-6-7-8-11-16(21-25-19(2,3)20(4,5)26-21)12-9-15-24-18(22)17-13-10-14-23-17/h10,13-14,16H,6-9,11-12,15H2,1-5H3/t16-/m0/s1. The molecule has 0 N–H and O–H groups in total. The van der Waals surface area contributed by atoms with Crippen LogP contribution in [0.25, 0.3) is 0 Å². The lowest BCUT2D eigenvalue weighted by Gasteiger charge is -2.32. The van der Waals surface area contributed by atoms with E-state index in [1.165, 1.54) is 19.1 Å². The van der Waals surface area contributed by atoms with E-state index in [2.05, 4.69) is 34.6 Å². The Morgan fingerprint density at radius 3 is 2.35 bits per heavy atom. The number of carbonyl (C=O) groups excluding carboxylic acids is 1. The number of esters is 1. The highest BCUT2D eigenvalue weighted by Gasteiger charge is 2.53. The molecule has 0 radical (unpaired) electrons. The summed E-state index contributed by atoms with van der Waals surface area (Å²) in [4.78, 5) is 11.8. The molecular formula is C20H33BO5. The number of hydrogen-bond acceptors (Lipinski definition) is 5. The number of furan rings is 1. The van der Waals surface area contributed by atoms with Crippen LogP contribution >= 0.6 is 0 Å². The summed E-state index contributed by atoms with van der Waals surface area (Å²) in [7, 11) is -0.197. The minimum atomic E-state index is -0.409. The molecule has 1 aromatic heterocycles. The van der Waals surface area contributed by atoms with Crippen LogP contribution in [0.1, 0.15) is 83.7 Å². The number of ether oxygens (including phenoxy) is 1. The van der Waals surface area contributed by atoms with E-state index in [-0.39, 0.29) is 24.1 Å². The Morgan fingerprint density at radius 2 is 1.77 bits per heavy atom. The third kappa shape index (κ3) is 5.37. The maximum Gasteiger partial charge on any atom is 0.461 e. The van der Waals surface area contributed by atoms with Gasteiger partial charge in [0.1, 0.15) is 0 Å². The summed E-state index contributed by atoms with van der Waals surface area (Å²) in [6.45, 7) is 10.9. The van der Waals surface area contributed by atoms with Crippen LogP contribution in [-0.4, -0.2) is 30.9 Å². The molecule has 0 bridgehead atoms. The summed E-state index contributed by atoms with van der Waals surface area (Å²) < 4.78 is 22.8. The van der Waals surface area contributed by atoms with Crippen molar-refractivity contribution in [2.24, 2.45) is 0 Å². The highest BCUT2D eigenvalue weighted by atomic mass is 16.7. The molecule has 0 saturated carbocycles. The first-order valence-electron chi connectivity index (χ1n) is 9.83. The Kier molecular flexibility index (Phi) is 7.36. The molecule has 2 rings (SSSR count). The second-order valence-electron chi connectivity index (χ2n) is 8.14. The molecule has 26 heavy (non-hydrogen) atoms. The van der Waals surface area contributed by atoms with Crippen molar-refractivity contribution in [3.05, 3.63) is 24.2 Å². The quantitative estimate of drug-likeness (QED) is 0.322. The normalized spacial score (nSPS) is 19.5. The van der Waals surface area contributed by atoms with E-state index in [0.29, 0.717) is 12.4 Å². The first-order valence-corrected chi connectivity index (χ1v) is 9.83.